The zero-order valence-corrected chi connectivity index (χ0v) is 15.1. The molecule has 0 aliphatic carbocycles. The van der Waals surface area contributed by atoms with E-state index in [-0.39, 0.29) is 18.5 Å². The summed E-state index contributed by atoms with van der Waals surface area (Å²) >= 11 is 0. The Morgan fingerprint density at radius 1 is 1.15 bits per heavy atom. The van der Waals surface area contributed by atoms with Crippen LogP contribution in [-0.2, 0) is 17.6 Å². The highest BCUT2D eigenvalue weighted by atomic mass is 16.5. The number of hydrogen-bond acceptors (Lipinski definition) is 3. The van der Waals surface area contributed by atoms with Crippen molar-refractivity contribution in [3.63, 3.8) is 0 Å². The number of fused-ring (bicyclic) bond motifs is 1. The maximum Gasteiger partial charge on any atom is 0.319 e. The van der Waals surface area contributed by atoms with Crippen molar-refractivity contribution in [3.8, 4) is 5.75 Å². The molecule has 0 saturated heterocycles. The van der Waals surface area contributed by atoms with Crippen LogP contribution in [0.1, 0.15) is 30.4 Å². The highest BCUT2D eigenvalue weighted by Gasteiger charge is 2.16. The Labute approximate surface area is 158 Å². The van der Waals surface area contributed by atoms with E-state index in [0.29, 0.717) is 18.5 Å². The number of carbonyl (C=O) groups is 2. The first kappa shape index (κ1) is 18.8. The third-order valence-corrected chi connectivity index (χ3v) is 4.53. The van der Waals surface area contributed by atoms with E-state index in [1.165, 1.54) is 0 Å². The summed E-state index contributed by atoms with van der Waals surface area (Å²) in [5.41, 5.74) is 2.85. The Kier molecular flexibility index (Phi) is 6.30. The van der Waals surface area contributed by atoms with Gasteiger partial charge in [-0.25, -0.2) is 4.79 Å². The monoisotopic (exact) mass is 368 g/mol. The predicted octanol–water partition coefficient (Wildman–Crippen LogP) is 3.61. The number of aryl methyl sites for hydroxylation is 1. The van der Waals surface area contributed by atoms with E-state index >= 15 is 0 Å². The van der Waals surface area contributed by atoms with Crippen molar-refractivity contribution in [2.45, 2.75) is 38.1 Å². The van der Waals surface area contributed by atoms with Crippen LogP contribution < -0.4 is 15.4 Å². The molecule has 1 unspecified atom stereocenters. The molecular weight excluding hydrogens is 344 g/mol. The topological polar surface area (TPSA) is 87.7 Å². The number of amides is 2. The fraction of sp³-hybridized carbons (Fsp3) is 0.333. The standard InChI is InChI=1S/C21H24N2O4/c24-20(25)11-9-17(13-15-5-2-1-3-6-15)22-21(26)23-18-8-10-19-16(14-18)7-4-12-27-19/h1-3,5-6,8,10,14,17H,4,7,9,11-13H2,(H,24,25)(H2,22,23,26). The van der Waals surface area contributed by atoms with Crippen molar-refractivity contribution in [2.75, 3.05) is 11.9 Å². The van der Waals surface area contributed by atoms with E-state index in [1.54, 1.807) is 0 Å². The average molecular weight is 368 g/mol. The van der Waals surface area contributed by atoms with E-state index in [4.69, 9.17) is 9.84 Å². The number of anilines is 1. The Hall–Kier alpha value is -3.02. The van der Waals surface area contributed by atoms with Gasteiger partial charge in [0.15, 0.2) is 0 Å². The van der Waals surface area contributed by atoms with Crippen LogP contribution in [0, 0.1) is 0 Å². The van der Waals surface area contributed by atoms with Gasteiger partial charge in [0.2, 0.25) is 0 Å². The van der Waals surface area contributed by atoms with Gasteiger partial charge in [0, 0.05) is 18.2 Å². The van der Waals surface area contributed by atoms with Gasteiger partial charge in [0.25, 0.3) is 0 Å². The van der Waals surface area contributed by atoms with Gasteiger partial charge >= 0.3 is 12.0 Å². The Morgan fingerprint density at radius 3 is 2.74 bits per heavy atom. The molecular formula is C21H24N2O4. The number of benzene rings is 2. The molecule has 27 heavy (non-hydrogen) atoms. The van der Waals surface area contributed by atoms with Gasteiger partial charge in [0.05, 0.1) is 6.61 Å². The van der Waals surface area contributed by atoms with Crippen LogP contribution in [0.4, 0.5) is 10.5 Å². The summed E-state index contributed by atoms with van der Waals surface area (Å²) in [5.74, 6) is 0.000535. The summed E-state index contributed by atoms with van der Waals surface area (Å²) in [7, 11) is 0. The minimum atomic E-state index is -0.870. The normalized spacial score (nSPS) is 13.8. The molecule has 2 amide bonds. The van der Waals surface area contributed by atoms with Crippen LogP contribution in [-0.4, -0.2) is 29.8 Å². The van der Waals surface area contributed by atoms with Crippen LogP contribution in [0.2, 0.25) is 0 Å². The summed E-state index contributed by atoms with van der Waals surface area (Å²) in [6.45, 7) is 0.727. The molecule has 1 aliphatic heterocycles. The lowest BCUT2D eigenvalue weighted by molar-refractivity contribution is -0.137. The van der Waals surface area contributed by atoms with E-state index < -0.39 is 5.97 Å². The molecule has 3 rings (SSSR count). The summed E-state index contributed by atoms with van der Waals surface area (Å²) in [6.07, 6.45) is 2.86. The van der Waals surface area contributed by atoms with Crippen molar-refractivity contribution in [3.05, 3.63) is 59.7 Å². The summed E-state index contributed by atoms with van der Waals surface area (Å²) in [5, 5.41) is 14.7. The second kappa shape index (κ2) is 9.07. The number of carboxylic acids is 1. The van der Waals surface area contributed by atoms with E-state index in [1.807, 2.05) is 48.5 Å². The van der Waals surface area contributed by atoms with Gasteiger partial charge in [0.1, 0.15) is 5.75 Å². The Morgan fingerprint density at radius 2 is 1.96 bits per heavy atom. The quantitative estimate of drug-likeness (QED) is 0.697. The smallest absolute Gasteiger partial charge is 0.319 e. The molecule has 2 aromatic rings. The highest BCUT2D eigenvalue weighted by Crippen LogP contribution is 2.27. The molecule has 0 saturated carbocycles. The van der Waals surface area contributed by atoms with Crippen molar-refractivity contribution < 1.29 is 19.4 Å². The number of ether oxygens (including phenoxy) is 1. The summed E-state index contributed by atoms with van der Waals surface area (Å²) < 4.78 is 5.58. The molecule has 0 bridgehead atoms. The van der Waals surface area contributed by atoms with E-state index in [0.717, 1.165) is 36.3 Å². The molecule has 0 radical (unpaired) electrons. The molecule has 142 valence electrons. The maximum atomic E-state index is 12.4. The first-order valence-electron chi connectivity index (χ1n) is 9.19. The van der Waals surface area contributed by atoms with Crippen LogP contribution in [0.3, 0.4) is 0 Å². The maximum absolute atomic E-state index is 12.4. The molecule has 1 aliphatic rings. The van der Waals surface area contributed by atoms with Crippen LogP contribution in [0.25, 0.3) is 0 Å². The minimum Gasteiger partial charge on any atom is -0.493 e. The van der Waals surface area contributed by atoms with E-state index in [2.05, 4.69) is 10.6 Å². The summed E-state index contributed by atoms with van der Waals surface area (Å²) in [4.78, 5) is 23.4. The number of urea groups is 1. The third kappa shape index (κ3) is 5.74. The van der Waals surface area contributed by atoms with Crippen molar-refractivity contribution in [1.82, 2.24) is 5.32 Å². The molecule has 6 nitrogen and oxygen atoms in total. The SMILES string of the molecule is O=C(O)CCC(Cc1ccccc1)NC(=O)Nc1ccc2c(c1)CCCO2. The number of rotatable bonds is 7. The van der Waals surface area contributed by atoms with Crippen LogP contribution in [0.5, 0.6) is 5.75 Å². The van der Waals surface area contributed by atoms with E-state index in [9.17, 15) is 9.59 Å². The van der Waals surface area contributed by atoms with Gasteiger partial charge in [-0.3, -0.25) is 4.79 Å². The highest BCUT2D eigenvalue weighted by molar-refractivity contribution is 5.89. The van der Waals surface area contributed by atoms with Gasteiger partial charge in [-0.15, -0.1) is 0 Å². The van der Waals surface area contributed by atoms with Crippen LogP contribution >= 0.6 is 0 Å². The van der Waals surface area contributed by atoms with Crippen molar-refractivity contribution in [1.29, 1.82) is 0 Å². The zero-order valence-electron chi connectivity index (χ0n) is 15.1. The van der Waals surface area contributed by atoms with Gasteiger partial charge in [-0.1, -0.05) is 30.3 Å². The number of hydrogen-bond donors (Lipinski definition) is 3. The first-order chi connectivity index (χ1) is 13.1. The predicted molar refractivity (Wildman–Crippen MR) is 103 cm³/mol. The summed E-state index contributed by atoms with van der Waals surface area (Å²) in [6, 6.07) is 14.7. The Balaban J connectivity index is 1.61. The third-order valence-electron chi connectivity index (χ3n) is 4.53. The molecule has 1 atom stereocenters. The number of carbonyl (C=O) groups excluding carboxylic acids is 1. The average Bonchev–Trinajstić information content (AvgIpc) is 2.67. The molecule has 0 aromatic heterocycles. The lowest BCUT2D eigenvalue weighted by Crippen LogP contribution is -2.39. The lowest BCUT2D eigenvalue weighted by atomic mass is 10.0. The number of aliphatic carboxylic acids is 1. The molecule has 0 fully saturated rings. The minimum absolute atomic E-state index is 0.00790. The Bertz CT molecular complexity index is 792. The zero-order chi connectivity index (χ0) is 19.1. The van der Waals surface area contributed by atoms with Crippen LogP contribution in [0.15, 0.2) is 48.5 Å². The number of nitrogens with one attached hydrogen (secondary N) is 2. The number of carboxylic acid groups (broad SMARTS) is 1. The van der Waals surface area contributed by atoms with Gasteiger partial charge < -0.3 is 20.5 Å². The molecule has 1 heterocycles. The fourth-order valence-electron chi connectivity index (χ4n) is 3.21. The van der Waals surface area contributed by atoms with Crippen molar-refractivity contribution >= 4 is 17.7 Å². The van der Waals surface area contributed by atoms with Gasteiger partial charge in [-0.05, 0) is 55.0 Å². The molecule has 6 heteroatoms. The second-order valence-corrected chi connectivity index (χ2v) is 6.69. The lowest BCUT2D eigenvalue weighted by Gasteiger charge is -2.20. The largest absolute Gasteiger partial charge is 0.493 e. The molecule has 2 aromatic carbocycles. The van der Waals surface area contributed by atoms with Gasteiger partial charge in [-0.2, -0.15) is 0 Å². The van der Waals surface area contributed by atoms with Crippen molar-refractivity contribution in [2.24, 2.45) is 0 Å². The molecule has 3 N–H and O–H groups in total. The second-order valence-electron chi connectivity index (χ2n) is 6.69. The first-order valence-corrected chi connectivity index (χ1v) is 9.19. The molecule has 0 spiro atoms. The fourth-order valence-corrected chi connectivity index (χ4v) is 3.21.